The van der Waals surface area contributed by atoms with Crippen molar-refractivity contribution in [3.63, 3.8) is 0 Å². The van der Waals surface area contributed by atoms with Crippen molar-refractivity contribution in [2.75, 3.05) is 6.61 Å². The molecule has 2 aliphatic rings. The minimum Gasteiger partial charge on any atom is -0.534 e. The van der Waals surface area contributed by atoms with Crippen LogP contribution in [0.15, 0.2) is 84.9 Å². The Balaban J connectivity index is 1.43. The van der Waals surface area contributed by atoms with E-state index in [-0.39, 0.29) is 34.4 Å². The van der Waals surface area contributed by atoms with Gasteiger partial charge in [-0.2, -0.15) is 0 Å². The first-order chi connectivity index (χ1) is 20.0. The van der Waals surface area contributed by atoms with Crippen molar-refractivity contribution < 1.29 is 18.3 Å². The van der Waals surface area contributed by atoms with E-state index >= 15 is 0 Å². The van der Waals surface area contributed by atoms with Crippen LogP contribution in [0.25, 0.3) is 0 Å². The standard InChI is InChI=1S/C36H51NO4Si2/c1-34(2,3)42(9,10)38-25-30-32-33(40-36(7,8)39-32)31(37-30)26-21-23-27(24-22-26)41-43(35(4,5)6,28-17-13-11-14-18-28)29-19-15-12-16-20-29/h11-24,30-33,37H,25H2,1-10H3/t30-,31+,32-,33+/m1/s1. The van der Waals surface area contributed by atoms with Crippen molar-refractivity contribution in [3.8, 4) is 5.75 Å². The molecular formula is C36H51NO4Si2. The van der Waals surface area contributed by atoms with Crippen LogP contribution in [0.2, 0.25) is 23.2 Å². The highest BCUT2D eigenvalue weighted by molar-refractivity contribution is 7.00. The number of rotatable bonds is 8. The molecule has 43 heavy (non-hydrogen) atoms. The molecule has 5 nitrogen and oxygen atoms in total. The monoisotopic (exact) mass is 617 g/mol. The molecule has 3 aromatic rings. The molecular weight excluding hydrogens is 567 g/mol. The molecule has 0 radical (unpaired) electrons. The van der Waals surface area contributed by atoms with Gasteiger partial charge in [-0.3, -0.25) is 0 Å². The molecule has 0 unspecified atom stereocenters. The van der Waals surface area contributed by atoms with Gasteiger partial charge in [-0.1, -0.05) is 114 Å². The zero-order valence-corrected chi connectivity index (χ0v) is 29.7. The molecule has 2 aliphatic heterocycles. The summed E-state index contributed by atoms with van der Waals surface area (Å²) in [4.78, 5) is 0. The van der Waals surface area contributed by atoms with E-state index in [1.165, 1.54) is 15.9 Å². The van der Waals surface area contributed by atoms with Crippen molar-refractivity contribution >= 4 is 27.0 Å². The van der Waals surface area contributed by atoms with Crippen LogP contribution in [0.1, 0.15) is 67.0 Å². The maximum atomic E-state index is 7.25. The van der Waals surface area contributed by atoms with Crippen LogP contribution in [0, 0.1) is 0 Å². The highest BCUT2D eigenvalue weighted by Gasteiger charge is 2.55. The summed E-state index contributed by atoms with van der Waals surface area (Å²) in [5.74, 6) is 0.256. The van der Waals surface area contributed by atoms with Gasteiger partial charge in [0.05, 0.1) is 18.7 Å². The Morgan fingerprint density at radius 2 is 1.23 bits per heavy atom. The van der Waals surface area contributed by atoms with Crippen LogP contribution in [-0.2, 0) is 13.9 Å². The molecule has 2 heterocycles. The van der Waals surface area contributed by atoms with E-state index in [9.17, 15) is 0 Å². The maximum absolute atomic E-state index is 7.25. The molecule has 7 heteroatoms. The SMILES string of the molecule is CC1(C)O[C@@H]2[C@H](O1)[C@@H](CO[Si](C)(C)C(C)(C)C)N[C@H]2c1ccc(O[Si](c2ccccc2)(c2ccccc2)C(C)(C)C)cc1. The van der Waals surface area contributed by atoms with Gasteiger partial charge < -0.3 is 23.6 Å². The summed E-state index contributed by atoms with van der Waals surface area (Å²) in [5, 5.41) is 6.41. The van der Waals surface area contributed by atoms with Crippen molar-refractivity contribution in [2.45, 2.75) is 109 Å². The summed E-state index contributed by atoms with van der Waals surface area (Å²) in [7, 11) is -4.61. The Morgan fingerprint density at radius 3 is 1.72 bits per heavy atom. The topological polar surface area (TPSA) is 49.0 Å². The molecule has 3 aromatic carbocycles. The highest BCUT2D eigenvalue weighted by atomic mass is 28.4. The van der Waals surface area contributed by atoms with Gasteiger partial charge in [-0.15, -0.1) is 0 Å². The zero-order valence-electron chi connectivity index (χ0n) is 27.7. The van der Waals surface area contributed by atoms with Gasteiger partial charge in [0.1, 0.15) is 18.0 Å². The number of fused-ring (bicyclic) bond motifs is 1. The Kier molecular flexibility index (Phi) is 8.66. The molecule has 0 saturated carbocycles. The van der Waals surface area contributed by atoms with Crippen LogP contribution in [-0.4, -0.2) is 47.3 Å². The van der Waals surface area contributed by atoms with Crippen LogP contribution in [0.3, 0.4) is 0 Å². The van der Waals surface area contributed by atoms with E-state index in [4.69, 9.17) is 18.3 Å². The third-order valence-electron chi connectivity index (χ3n) is 9.64. The molecule has 1 N–H and O–H groups in total. The molecule has 0 aliphatic carbocycles. The van der Waals surface area contributed by atoms with Crippen molar-refractivity contribution in [1.82, 2.24) is 5.32 Å². The smallest absolute Gasteiger partial charge is 0.319 e. The fourth-order valence-corrected chi connectivity index (χ4v) is 11.8. The molecule has 2 fully saturated rings. The summed E-state index contributed by atoms with van der Waals surface area (Å²) in [6.07, 6.45) is -0.163. The number of hydrogen-bond donors (Lipinski definition) is 1. The number of nitrogens with one attached hydrogen (secondary N) is 1. The lowest BCUT2D eigenvalue weighted by Gasteiger charge is -2.43. The second kappa shape index (κ2) is 11.6. The van der Waals surface area contributed by atoms with E-state index in [0.29, 0.717) is 6.61 Å². The first-order valence-electron chi connectivity index (χ1n) is 15.7. The van der Waals surface area contributed by atoms with Gasteiger partial charge in [0.2, 0.25) is 0 Å². The Labute approximate surface area is 261 Å². The molecule has 2 saturated heterocycles. The quantitative estimate of drug-likeness (QED) is 0.272. The van der Waals surface area contributed by atoms with E-state index in [0.717, 1.165) is 5.75 Å². The lowest BCUT2D eigenvalue weighted by molar-refractivity contribution is -0.157. The van der Waals surface area contributed by atoms with Gasteiger partial charge in [0.15, 0.2) is 14.1 Å². The Bertz CT molecular complexity index is 1320. The highest BCUT2D eigenvalue weighted by Crippen LogP contribution is 2.44. The minimum absolute atomic E-state index is 0.00158. The van der Waals surface area contributed by atoms with E-state index < -0.39 is 22.4 Å². The lowest BCUT2D eigenvalue weighted by Crippen LogP contribution is -2.68. The van der Waals surface area contributed by atoms with Gasteiger partial charge in [0, 0.05) is 0 Å². The largest absolute Gasteiger partial charge is 0.534 e. The van der Waals surface area contributed by atoms with Gasteiger partial charge >= 0.3 is 8.32 Å². The average molecular weight is 618 g/mol. The van der Waals surface area contributed by atoms with Gasteiger partial charge in [-0.25, -0.2) is 0 Å². The normalized spacial score (nSPS) is 24.1. The fraction of sp³-hybridized carbons (Fsp3) is 0.500. The Hall–Kier alpha value is -2.27. The van der Waals surface area contributed by atoms with Crippen LogP contribution in [0.5, 0.6) is 5.75 Å². The van der Waals surface area contributed by atoms with Crippen LogP contribution >= 0.6 is 0 Å². The second-order valence-electron chi connectivity index (χ2n) is 15.2. The van der Waals surface area contributed by atoms with E-state index in [1.54, 1.807) is 0 Å². The summed E-state index contributed by atoms with van der Waals surface area (Å²) >= 11 is 0. The predicted octanol–water partition coefficient (Wildman–Crippen LogP) is 7.18. The van der Waals surface area contributed by atoms with E-state index in [1.807, 2.05) is 13.8 Å². The first-order valence-corrected chi connectivity index (χ1v) is 20.5. The second-order valence-corrected chi connectivity index (χ2v) is 24.3. The van der Waals surface area contributed by atoms with Gasteiger partial charge in [0.25, 0.3) is 0 Å². The molecule has 232 valence electrons. The Morgan fingerprint density at radius 1 is 0.721 bits per heavy atom. The third-order valence-corrected chi connectivity index (χ3v) is 19.1. The molecule has 0 bridgehead atoms. The fourth-order valence-electron chi connectivity index (χ4n) is 6.32. The zero-order chi connectivity index (χ0) is 31.3. The van der Waals surface area contributed by atoms with Gasteiger partial charge in [-0.05, 0) is 65.1 Å². The first kappa shape index (κ1) is 32.1. The van der Waals surface area contributed by atoms with Crippen LogP contribution < -0.4 is 20.1 Å². The average Bonchev–Trinajstić information content (AvgIpc) is 3.43. The van der Waals surface area contributed by atoms with Crippen LogP contribution in [0.4, 0.5) is 0 Å². The molecule has 5 rings (SSSR count). The van der Waals surface area contributed by atoms with Crippen molar-refractivity contribution in [3.05, 3.63) is 90.5 Å². The predicted molar refractivity (Wildman–Crippen MR) is 181 cm³/mol. The minimum atomic E-state index is -2.71. The maximum Gasteiger partial charge on any atom is 0.319 e. The van der Waals surface area contributed by atoms with E-state index in [2.05, 4.69) is 145 Å². The van der Waals surface area contributed by atoms with Crippen molar-refractivity contribution in [2.24, 2.45) is 0 Å². The summed E-state index contributed by atoms with van der Waals surface area (Å²) in [5.41, 5.74) is 1.17. The molecule has 0 spiro atoms. The molecule has 4 atom stereocenters. The third kappa shape index (κ3) is 6.30. The summed E-state index contributed by atoms with van der Waals surface area (Å²) in [6, 6.07) is 30.3. The number of benzene rings is 3. The summed E-state index contributed by atoms with van der Waals surface area (Å²) in [6.45, 7) is 23.0. The molecule has 0 aromatic heterocycles. The number of hydrogen-bond acceptors (Lipinski definition) is 5. The number of ether oxygens (including phenoxy) is 2. The van der Waals surface area contributed by atoms with Crippen molar-refractivity contribution in [1.29, 1.82) is 0 Å². The summed E-state index contributed by atoms with van der Waals surface area (Å²) < 4.78 is 26.8. The lowest BCUT2D eigenvalue weighted by atomic mass is 10.0. The molecule has 0 amide bonds.